The monoisotopic (exact) mass is 278 g/mol. The Labute approximate surface area is 119 Å². The molecule has 0 amide bonds. The number of fused-ring (bicyclic) bond motifs is 1. The summed E-state index contributed by atoms with van der Waals surface area (Å²) in [7, 11) is 0. The van der Waals surface area contributed by atoms with E-state index in [0.29, 0.717) is 6.42 Å². The Hall–Kier alpha value is -1.55. The second-order valence-corrected chi connectivity index (χ2v) is 6.36. The summed E-state index contributed by atoms with van der Waals surface area (Å²) in [4.78, 5) is 10.7. The highest BCUT2D eigenvalue weighted by atomic mass is 16.5. The van der Waals surface area contributed by atoms with Crippen LogP contribution in [0.3, 0.4) is 0 Å². The van der Waals surface area contributed by atoms with Gasteiger partial charge in [-0.05, 0) is 49.4 Å². The number of aliphatic carboxylic acids is 1. The number of ether oxygens (including phenoxy) is 1. The summed E-state index contributed by atoms with van der Waals surface area (Å²) in [5.74, 6) is 0.00165. The van der Waals surface area contributed by atoms with E-state index in [2.05, 4.69) is 0 Å². The number of benzene rings is 1. The van der Waals surface area contributed by atoms with Gasteiger partial charge >= 0.3 is 5.97 Å². The van der Waals surface area contributed by atoms with Crippen LogP contribution in [-0.2, 0) is 11.2 Å². The van der Waals surface area contributed by atoms with E-state index in [1.54, 1.807) is 0 Å². The molecular formula is C16H22O4. The molecule has 20 heavy (non-hydrogen) atoms. The van der Waals surface area contributed by atoms with E-state index in [0.717, 1.165) is 23.3 Å². The quantitative estimate of drug-likeness (QED) is 0.869. The lowest BCUT2D eigenvalue weighted by Gasteiger charge is -2.16. The van der Waals surface area contributed by atoms with Crippen LogP contribution in [0.5, 0.6) is 5.75 Å². The van der Waals surface area contributed by atoms with E-state index >= 15 is 0 Å². The lowest BCUT2D eigenvalue weighted by Crippen LogP contribution is -2.24. The van der Waals surface area contributed by atoms with Gasteiger partial charge < -0.3 is 14.9 Å². The van der Waals surface area contributed by atoms with Crippen LogP contribution in [0.2, 0.25) is 0 Å². The molecule has 0 saturated carbocycles. The maximum absolute atomic E-state index is 10.7. The third kappa shape index (κ3) is 3.51. The molecule has 0 saturated heterocycles. The lowest BCUT2D eigenvalue weighted by molar-refractivity contribution is -0.138. The Balaban J connectivity index is 2.05. The molecule has 4 nitrogen and oxygen atoms in total. The Morgan fingerprint density at radius 3 is 2.80 bits per heavy atom. The van der Waals surface area contributed by atoms with Gasteiger partial charge in [0.05, 0.1) is 6.10 Å². The molecule has 2 atom stereocenters. The number of carbonyl (C=O) groups is 1. The van der Waals surface area contributed by atoms with Crippen LogP contribution >= 0.6 is 0 Å². The molecule has 0 aromatic heterocycles. The second kappa shape index (κ2) is 5.44. The molecule has 0 radical (unpaired) electrons. The SMILES string of the molecule is CC(CC(=O)O)CC(O)c1ccc2c(c1)CC(C)(C)O2. The molecular weight excluding hydrogens is 256 g/mol. The van der Waals surface area contributed by atoms with E-state index < -0.39 is 12.1 Å². The van der Waals surface area contributed by atoms with Crippen molar-refractivity contribution in [2.24, 2.45) is 5.92 Å². The minimum Gasteiger partial charge on any atom is -0.487 e. The molecule has 110 valence electrons. The van der Waals surface area contributed by atoms with Crippen molar-refractivity contribution in [3.63, 3.8) is 0 Å². The third-order valence-electron chi connectivity index (χ3n) is 3.62. The summed E-state index contributed by atoms with van der Waals surface area (Å²) in [6.45, 7) is 5.92. The van der Waals surface area contributed by atoms with E-state index in [4.69, 9.17) is 9.84 Å². The number of hydrogen-bond acceptors (Lipinski definition) is 3. The van der Waals surface area contributed by atoms with Crippen molar-refractivity contribution in [2.45, 2.75) is 51.7 Å². The minimum atomic E-state index is -0.825. The number of carboxylic acid groups (broad SMARTS) is 1. The zero-order chi connectivity index (χ0) is 14.9. The van der Waals surface area contributed by atoms with Gasteiger partial charge in [-0.15, -0.1) is 0 Å². The summed E-state index contributed by atoms with van der Waals surface area (Å²) in [6, 6.07) is 5.73. The summed E-state index contributed by atoms with van der Waals surface area (Å²) >= 11 is 0. The topological polar surface area (TPSA) is 66.8 Å². The van der Waals surface area contributed by atoms with E-state index in [1.165, 1.54) is 0 Å². The first-order chi connectivity index (χ1) is 9.27. The standard InChI is InChI=1S/C16H22O4/c1-10(7-15(18)19)6-13(17)11-4-5-14-12(8-11)9-16(2,3)20-14/h4-5,8,10,13,17H,6-7,9H2,1-3H3,(H,18,19). The van der Waals surface area contributed by atoms with Crippen molar-refractivity contribution in [1.29, 1.82) is 0 Å². The molecule has 0 fully saturated rings. The fourth-order valence-electron chi connectivity index (χ4n) is 2.74. The van der Waals surface area contributed by atoms with Crippen molar-refractivity contribution in [3.8, 4) is 5.75 Å². The van der Waals surface area contributed by atoms with Gasteiger partial charge in [-0.1, -0.05) is 13.0 Å². The van der Waals surface area contributed by atoms with E-state index in [1.807, 2.05) is 39.0 Å². The van der Waals surface area contributed by atoms with Gasteiger partial charge in [0.1, 0.15) is 11.4 Å². The van der Waals surface area contributed by atoms with Gasteiger partial charge in [0.25, 0.3) is 0 Å². The molecule has 0 aliphatic carbocycles. The molecule has 4 heteroatoms. The molecule has 1 heterocycles. The molecule has 2 N–H and O–H groups in total. The summed E-state index contributed by atoms with van der Waals surface area (Å²) in [5.41, 5.74) is 1.75. The average molecular weight is 278 g/mol. The number of hydrogen-bond donors (Lipinski definition) is 2. The predicted molar refractivity (Wildman–Crippen MR) is 75.8 cm³/mol. The molecule has 2 rings (SSSR count). The third-order valence-corrected chi connectivity index (χ3v) is 3.62. The maximum Gasteiger partial charge on any atom is 0.303 e. The fourth-order valence-corrected chi connectivity index (χ4v) is 2.74. The molecule has 1 aliphatic heterocycles. The van der Waals surface area contributed by atoms with Crippen LogP contribution in [0.25, 0.3) is 0 Å². The fraction of sp³-hybridized carbons (Fsp3) is 0.562. The molecule has 0 bridgehead atoms. The molecule has 1 aromatic rings. The molecule has 2 unspecified atom stereocenters. The van der Waals surface area contributed by atoms with Crippen LogP contribution in [0.4, 0.5) is 0 Å². The smallest absolute Gasteiger partial charge is 0.303 e. The van der Waals surface area contributed by atoms with Gasteiger partial charge in [0, 0.05) is 12.8 Å². The van der Waals surface area contributed by atoms with Crippen LogP contribution < -0.4 is 4.74 Å². The summed E-state index contributed by atoms with van der Waals surface area (Å²) < 4.78 is 5.80. The molecule has 1 aliphatic rings. The zero-order valence-corrected chi connectivity index (χ0v) is 12.2. The van der Waals surface area contributed by atoms with Crippen LogP contribution in [-0.4, -0.2) is 21.8 Å². The van der Waals surface area contributed by atoms with Crippen molar-refractivity contribution in [3.05, 3.63) is 29.3 Å². The Morgan fingerprint density at radius 2 is 2.15 bits per heavy atom. The summed E-state index contributed by atoms with van der Waals surface area (Å²) in [6.07, 6.45) is 0.736. The van der Waals surface area contributed by atoms with Crippen molar-refractivity contribution < 1.29 is 19.7 Å². The first-order valence-corrected chi connectivity index (χ1v) is 6.98. The largest absolute Gasteiger partial charge is 0.487 e. The normalized spacial score (nSPS) is 19.0. The first kappa shape index (κ1) is 14.9. The Kier molecular flexibility index (Phi) is 4.04. The average Bonchev–Trinajstić information content (AvgIpc) is 2.59. The van der Waals surface area contributed by atoms with E-state index in [9.17, 15) is 9.90 Å². The number of carboxylic acids is 1. The van der Waals surface area contributed by atoms with Crippen molar-refractivity contribution in [2.75, 3.05) is 0 Å². The van der Waals surface area contributed by atoms with Crippen LogP contribution in [0.15, 0.2) is 18.2 Å². The second-order valence-electron chi connectivity index (χ2n) is 6.36. The van der Waals surface area contributed by atoms with Gasteiger partial charge in [0.15, 0.2) is 0 Å². The Bertz CT molecular complexity index is 507. The lowest BCUT2D eigenvalue weighted by atomic mass is 9.93. The summed E-state index contributed by atoms with van der Waals surface area (Å²) in [5, 5.41) is 19.0. The number of rotatable bonds is 5. The zero-order valence-electron chi connectivity index (χ0n) is 12.2. The van der Waals surface area contributed by atoms with Gasteiger partial charge in [-0.3, -0.25) is 4.79 Å². The maximum atomic E-state index is 10.7. The number of aliphatic hydroxyl groups is 1. The van der Waals surface area contributed by atoms with Crippen LogP contribution in [0.1, 0.15) is 50.8 Å². The van der Waals surface area contributed by atoms with Crippen LogP contribution in [0, 0.1) is 5.92 Å². The van der Waals surface area contributed by atoms with Crippen molar-refractivity contribution >= 4 is 5.97 Å². The van der Waals surface area contributed by atoms with Gasteiger partial charge in [-0.25, -0.2) is 0 Å². The highest BCUT2D eigenvalue weighted by molar-refractivity contribution is 5.66. The molecule has 1 aromatic carbocycles. The van der Waals surface area contributed by atoms with Gasteiger partial charge in [0.2, 0.25) is 0 Å². The van der Waals surface area contributed by atoms with Gasteiger partial charge in [-0.2, -0.15) is 0 Å². The minimum absolute atomic E-state index is 0.0524. The number of aliphatic hydroxyl groups excluding tert-OH is 1. The Morgan fingerprint density at radius 1 is 1.45 bits per heavy atom. The highest BCUT2D eigenvalue weighted by Gasteiger charge is 2.30. The predicted octanol–water partition coefficient (Wildman–Crippen LogP) is 2.93. The van der Waals surface area contributed by atoms with Crippen molar-refractivity contribution in [1.82, 2.24) is 0 Å². The highest BCUT2D eigenvalue weighted by Crippen LogP contribution is 2.37. The molecule has 0 spiro atoms. The first-order valence-electron chi connectivity index (χ1n) is 6.98. The van der Waals surface area contributed by atoms with E-state index in [-0.39, 0.29) is 17.9 Å².